The van der Waals surface area contributed by atoms with Crippen molar-refractivity contribution in [1.82, 2.24) is 25.4 Å². The highest BCUT2D eigenvalue weighted by Crippen LogP contribution is 2.40. The Labute approximate surface area is 215 Å². The highest BCUT2D eigenvalue weighted by atomic mass is 127. The third-order valence-corrected chi connectivity index (χ3v) is 6.45. The van der Waals surface area contributed by atoms with Gasteiger partial charge in [-0.15, -0.1) is 34.2 Å². The number of aromatic nitrogens is 3. The van der Waals surface area contributed by atoms with Crippen LogP contribution in [0.1, 0.15) is 56.2 Å². The van der Waals surface area contributed by atoms with E-state index in [2.05, 4.69) is 27.8 Å². The average Bonchev–Trinajstić information content (AvgIpc) is 3.41. The second-order valence-electron chi connectivity index (χ2n) is 8.60. The predicted octanol–water partition coefficient (Wildman–Crippen LogP) is 3.97. The number of benzene rings is 1. The van der Waals surface area contributed by atoms with Crippen molar-refractivity contribution in [2.24, 2.45) is 17.5 Å². The van der Waals surface area contributed by atoms with Gasteiger partial charge in [0.2, 0.25) is 0 Å². The molecule has 1 fully saturated rings. The minimum atomic E-state index is 0. The summed E-state index contributed by atoms with van der Waals surface area (Å²) in [6, 6.07) is 8.03. The van der Waals surface area contributed by atoms with Crippen LogP contribution in [0.4, 0.5) is 0 Å². The Morgan fingerprint density at radius 3 is 2.48 bits per heavy atom. The minimum absolute atomic E-state index is 0. The number of aliphatic imine (C=N–C) groups is 1. The molecule has 0 radical (unpaired) electrons. The second kappa shape index (κ2) is 13.7. The lowest BCUT2D eigenvalue weighted by molar-refractivity contribution is 0.105. The van der Waals surface area contributed by atoms with Crippen LogP contribution in [0, 0.1) is 12.3 Å². The van der Waals surface area contributed by atoms with Crippen LogP contribution in [-0.2, 0) is 24.9 Å². The molecule has 0 amide bonds. The molecule has 2 N–H and O–H groups in total. The van der Waals surface area contributed by atoms with Gasteiger partial charge in [0, 0.05) is 26.8 Å². The topological polar surface area (TPSA) is 85.6 Å². The molecule has 0 atom stereocenters. The van der Waals surface area contributed by atoms with Crippen LogP contribution in [-0.4, -0.2) is 47.6 Å². The Kier molecular flexibility index (Phi) is 11.4. The summed E-state index contributed by atoms with van der Waals surface area (Å²) in [5, 5.41) is 15.5. The molecule has 3 rings (SSSR count). The van der Waals surface area contributed by atoms with E-state index in [9.17, 15) is 0 Å². The molecule has 1 aromatic heterocycles. The largest absolute Gasteiger partial charge is 0.497 e. The van der Waals surface area contributed by atoms with E-state index in [4.69, 9.17) is 14.5 Å². The summed E-state index contributed by atoms with van der Waals surface area (Å²) in [6.45, 7) is 7.66. The number of methoxy groups -OCH3 is 1. The Hall–Kier alpha value is -1.88. The normalized spacial score (nSPS) is 15.2. The highest BCUT2D eigenvalue weighted by molar-refractivity contribution is 14.0. The number of guanidine groups is 1. The van der Waals surface area contributed by atoms with Crippen molar-refractivity contribution in [1.29, 1.82) is 0 Å². The fourth-order valence-electron chi connectivity index (χ4n) is 4.19. The van der Waals surface area contributed by atoms with Crippen molar-refractivity contribution < 1.29 is 9.47 Å². The summed E-state index contributed by atoms with van der Waals surface area (Å²) in [4.78, 5) is 4.85. The summed E-state index contributed by atoms with van der Waals surface area (Å²) in [5.74, 6) is 3.43. The minimum Gasteiger partial charge on any atom is -0.497 e. The lowest BCUT2D eigenvalue weighted by Crippen LogP contribution is -2.43. The Bertz CT molecular complexity index is 862. The first-order chi connectivity index (χ1) is 15.5. The summed E-state index contributed by atoms with van der Waals surface area (Å²) in [7, 11) is 3.66. The van der Waals surface area contributed by atoms with Crippen LogP contribution < -0.4 is 15.4 Å². The van der Waals surface area contributed by atoms with E-state index < -0.39 is 0 Å². The monoisotopic (exact) mass is 570 g/mol. The van der Waals surface area contributed by atoms with E-state index in [1.165, 1.54) is 25.7 Å². The van der Waals surface area contributed by atoms with Crippen LogP contribution in [0.5, 0.6) is 5.75 Å². The van der Waals surface area contributed by atoms with Crippen molar-refractivity contribution in [3.63, 3.8) is 0 Å². The molecule has 184 valence electrons. The van der Waals surface area contributed by atoms with Gasteiger partial charge >= 0.3 is 0 Å². The van der Waals surface area contributed by atoms with E-state index >= 15 is 0 Å². The maximum atomic E-state index is 5.67. The molecule has 0 unspecified atom stereocenters. The van der Waals surface area contributed by atoms with Gasteiger partial charge in [-0.05, 0) is 56.2 Å². The zero-order valence-corrected chi connectivity index (χ0v) is 22.7. The van der Waals surface area contributed by atoms with Crippen molar-refractivity contribution in [3.8, 4) is 5.75 Å². The summed E-state index contributed by atoms with van der Waals surface area (Å²) < 4.78 is 12.9. The lowest BCUT2D eigenvalue weighted by Gasteiger charge is -2.30. The van der Waals surface area contributed by atoms with Crippen LogP contribution in [0.3, 0.4) is 0 Å². The third-order valence-electron chi connectivity index (χ3n) is 6.45. The van der Waals surface area contributed by atoms with E-state index in [1.807, 2.05) is 42.8 Å². The molecule has 0 spiro atoms. The molecule has 1 aromatic carbocycles. The van der Waals surface area contributed by atoms with E-state index in [1.54, 1.807) is 7.11 Å². The van der Waals surface area contributed by atoms with Crippen molar-refractivity contribution in [3.05, 3.63) is 41.5 Å². The predicted molar refractivity (Wildman–Crippen MR) is 142 cm³/mol. The first kappa shape index (κ1) is 27.4. The molecule has 1 saturated carbocycles. The molecule has 2 aromatic rings. The maximum absolute atomic E-state index is 5.67. The number of rotatable bonds is 11. The van der Waals surface area contributed by atoms with Gasteiger partial charge in [-0.2, -0.15) is 0 Å². The van der Waals surface area contributed by atoms with Gasteiger partial charge in [-0.25, -0.2) is 4.99 Å². The van der Waals surface area contributed by atoms with Gasteiger partial charge in [0.1, 0.15) is 11.6 Å². The number of nitrogens with one attached hydrogen (secondary N) is 2. The first-order valence-electron chi connectivity index (χ1n) is 11.6. The van der Waals surface area contributed by atoms with Crippen molar-refractivity contribution in [2.45, 2.75) is 59.0 Å². The number of nitrogens with zero attached hydrogens (tertiary/aromatic N) is 4. The van der Waals surface area contributed by atoms with Gasteiger partial charge in [-0.3, -0.25) is 0 Å². The molecule has 9 heteroatoms. The number of hydrogen-bond acceptors (Lipinski definition) is 5. The van der Waals surface area contributed by atoms with E-state index in [-0.39, 0.29) is 29.4 Å². The fraction of sp³-hybridized carbons (Fsp3) is 0.625. The number of hydrogen-bond donors (Lipinski definition) is 2. The fourth-order valence-corrected chi connectivity index (χ4v) is 4.19. The summed E-state index contributed by atoms with van der Waals surface area (Å²) >= 11 is 0. The van der Waals surface area contributed by atoms with E-state index in [0.29, 0.717) is 13.1 Å². The third kappa shape index (κ3) is 8.13. The van der Waals surface area contributed by atoms with Crippen LogP contribution >= 0.6 is 24.0 Å². The molecular formula is C24H39IN6O2. The Morgan fingerprint density at radius 1 is 1.15 bits per heavy atom. The molecule has 1 heterocycles. The smallest absolute Gasteiger partial charge is 0.191 e. The van der Waals surface area contributed by atoms with Crippen LogP contribution in [0.25, 0.3) is 0 Å². The first-order valence-corrected chi connectivity index (χ1v) is 11.6. The maximum Gasteiger partial charge on any atom is 0.191 e. The van der Waals surface area contributed by atoms with Crippen molar-refractivity contribution in [2.75, 3.05) is 26.9 Å². The van der Waals surface area contributed by atoms with Gasteiger partial charge < -0.3 is 24.7 Å². The van der Waals surface area contributed by atoms with E-state index in [0.717, 1.165) is 55.1 Å². The van der Waals surface area contributed by atoms with Crippen molar-refractivity contribution >= 4 is 29.9 Å². The van der Waals surface area contributed by atoms with Gasteiger partial charge in [0.15, 0.2) is 11.8 Å². The van der Waals surface area contributed by atoms with Gasteiger partial charge in [0.05, 0.1) is 20.2 Å². The average molecular weight is 571 g/mol. The van der Waals surface area contributed by atoms with Crippen LogP contribution in [0.2, 0.25) is 0 Å². The lowest BCUT2D eigenvalue weighted by atomic mass is 9.83. The molecule has 0 aliphatic heterocycles. The molecule has 0 bridgehead atoms. The zero-order chi connectivity index (χ0) is 22.8. The standard InChI is InChI=1S/C24H38N6O2.HI/c1-5-32-15-14-24(12-6-7-13-24)18-27-23(26-17-22-29-28-19(2)30(22)3)25-16-20-8-10-21(31-4)11-9-20;/h8-11H,5-7,12-18H2,1-4H3,(H2,25,26,27);1H. The molecule has 33 heavy (non-hydrogen) atoms. The van der Waals surface area contributed by atoms with Gasteiger partial charge in [0.25, 0.3) is 0 Å². The molecule has 8 nitrogen and oxygen atoms in total. The number of aryl methyl sites for hydroxylation is 1. The molecular weight excluding hydrogens is 531 g/mol. The van der Waals surface area contributed by atoms with Crippen LogP contribution in [0.15, 0.2) is 29.3 Å². The SMILES string of the molecule is CCOCCC1(CNC(=NCc2ccc(OC)cc2)NCc2nnc(C)n2C)CCCC1.I. The Balaban J connectivity index is 0.00000385. The second-order valence-corrected chi connectivity index (χ2v) is 8.60. The molecule has 1 aliphatic rings. The zero-order valence-electron chi connectivity index (χ0n) is 20.4. The Morgan fingerprint density at radius 2 is 1.88 bits per heavy atom. The quantitative estimate of drug-likeness (QED) is 0.184. The highest BCUT2D eigenvalue weighted by Gasteiger charge is 2.33. The number of halogens is 1. The molecule has 0 saturated heterocycles. The van der Waals surface area contributed by atoms with Gasteiger partial charge in [-0.1, -0.05) is 25.0 Å². The summed E-state index contributed by atoms with van der Waals surface area (Å²) in [5.41, 5.74) is 1.41. The number of ether oxygens (including phenoxy) is 2. The molecule has 1 aliphatic carbocycles. The summed E-state index contributed by atoms with van der Waals surface area (Å²) in [6.07, 6.45) is 6.14.